The van der Waals surface area contributed by atoms with Crippen LogP contribution in [0.1, 0.15) is 63.4 Å². The number of ether oxygens (including phenoxy) is 1. The van der Waals surface area contributed by atoms with Gasteiger partial charge in [-0.3, -0.25) is 14.5 Å². The maximum Gasteiger partial charge on any atom is 0.303 e. The first-order chi connectivity index (χ1) is 14.0. The summed E-state index contributed by atoms with van der Waals surface area (Å²) in [5.41, 5.74) is 0.924. The van der Waals surface area contributed by atoms with Crippen LogP contribution in [0, 0.1) is 0 Å². The smallest absolute Gasteiger partial charge is 0.303 e. The van der Waals surface area contributed by atoms with Crippen LogP contribution in [0.2, 0.25) is 0 Å². The Morgan fingerprint density at radius 1 is 1.14 bits per heavy atom. The van der Waals surface area contributed by atoms with Gasteiger partial charge >= 0.3 is 5.97 Å². The van der Waals surface area contributed by atoms with Gasteiger partial charge in [0.1, 0.15) is 10.1 Å². The van der Waals surface area contributed by atoms with Gasteiger partial charge in [0.2, 0.25) is 0 Å². The number of amides is 1. The van der Waals surface area contributed by atoms with Crippen LogP contribution in [0.5, 0.6) is 5.75 Å². The number of hydrogen-bond donors (Lipinski definition) is 1. The summed E-state index contributed by atoms with van der Waals surface area (Å²) in [6, 6.07) is 7.61. The van der Waals surface area contributed by atoms with E-state index in [1.165, 1.54) is 11.8 Å². The first-order valence-electron chi connectivity index (χ1n) is 10.1. The number of unbranched alkanes of at least 4 members (excludes halogenated alkanes) is 7. The highest BCUT2D eigenvalue weighted by Gasteiger charge is 2.31. The van der Waals surface area contributed by atoms with Crippen LogP contribution in [0.3, 0.4) is 0 Å². The second-order valence-corrected chi connectivity index (χ2v) is 8.76. The molecule has 0 bridgehead atoms. The second kappa shape index (κ2) is 12.6. The Morgan fingerprint density at radius 2 is 1.79 bits per heavy atom. The van der Waals surface area contributed by atoms with Crippen molar-refractivity contribution in [3.8, 4) is 5.75 Å². The Bertz CT molecular complexity index is 748. The number of carboxylic acids is 1. The van der Waals surface area contributed by atoms with Gasteiger partial charge in [0.25, 0.3) is 5.91 Å². The maximum atomic E-state index is 12.7. The summed E-state index contributed by atoms with van der Waals surface area (Å²) in [5.74, 6) is 0.0383. The minimum absolute atomic E-state index is 0.0127. The number of thiocarbonyl (C=S) groups is 1. The maximum absolute atomic E-state index is 12.7. The third-order valence-electron chi connectivity index (χ3n) is 4.79. The minimum atomic E-state index is -0.709. The summed E-state index contributed by atoms with van der Waals surface area (Å²) >= 11 is 6.76. The molecule has 1 aliphatic rings. The van der Waals surface area contributed by atoms with Gasteiger partial charge in [0.15, 0.2) is 0 Å². The van der Waals surface area contributed by atoms with Gasteiger partial charge in [-0.25, -0.2) is 0 Å². The number of benzene rings is 1. The number of carbonyl (C=O) groups is 2. The lowest BCUT2D eigenvalue weighted by atomic mass is 10.1. The monoisotopic (exact) mass is 435 g/mol. The van der Waals surface area contributed by atoms with Crippen molar-refractivity contribution in [3.05, 3.63) is 34.7 Å². The van der Waals surface area contributed by atoms with Crippen LogP contribution in [0.15, 0.2) is 29.2 Å². The normalized spacial score (nSPS) is 15.3. The highest BCUT2D eigenvalue weighted by Crippen LogP contribution is 2.33. The van der Waals surface area contributed by atoms with Crippen LogP contribution < -0.4 is 4.74 Å². The fourth-order valence-electron chi connectivity index (χ4n) is 3.18. The van der Waals surface area contributed by atoms with Gasteiger partial charge in [-0.15, -0.1) is 0 Å². The predicted molar refractivity (Wildman–Crippen MR) is 122 cm³/mol. The first-order valence-corrected chi connectivity index (χ1v) is 11.3. The molecule has 1 saturated heterocycles. The van der Waals surface area contributed by atoms with E-state index in [-0.39, 0.29) is 12.3 Å². The largest absolute Gasteiger partial charge is 0.497 e. The highest BCUT2D eigenvalue weighted by molar-refractivity contribution is 8.26. The molecule has 1 N–H and O–H groups in total. The fourth-order valence-corrected chi connectivity index (χ4v) is 4.49. The van der Waals surface area contributed by atoms with Gasteiger partial charge in [-0.1, -0.05) is 74.6 Å². The molecule has 0 spiro atoms. The van der Waals surface area contributed by atoms with Crippen LogP contribution in [-0.4, -0.2) is 39.9 Å². The lowest BCUT2D eigenvalue weighted by molar-refractivity contribution is -0.137. The quantitative estimate of drug-likeness (QED) is 0.251. The Morgan fingerprint density at radius 3 is 2.45 bits per heavy atom. The molecule has 2 rings (SSSR count). The number of nitrogens with zero attached hydrogens (tertiary/aromatic N) is 1. The van der Waals surface area contributed by atoms with Gasteiger partial charge < -0.3 is 9.84 Å². The van der Waals surface area contributed by atoms with Gasteiger partial charge in [-0.2, -0.15) is 0 Å². The molecule has 29 heavy (non-hydrogen) atoms. The Balaban J connectivity index is 1.67. The molecule has 0 atom stereocenters. The number of carbonyl (C=O) groups excluding carboxylic acids is 1. The van der Waals surface area contributed by atoms with E-state index in [9.17, 15) is 9.59 Å². The molecule has 0 aliphatic carbocycles. The van der Waals surface area contributed by atoms with Gasteiger partial charge in [0, 0.05) is 13.0 Å². The Hall–Kier alpha value is -1.86. The van der Waals surface area contributed by atoms with E-state index in [1.807, 2.05) is 30.3 Å². The molecule has 1 aromatic carbocycles. The molecule has 1 aliphatic heterocycles. The number of methoxy groups -OCH3 is 1. The summed E-state index contributed by atoms with van der Waals surface area (Å²) < 4.78 is 5.86. The standard InChI is InChI=1S/C22H29NO4S2/c1-27-18-12-10-11-17(15-18)16-19-21(26)23(22(28)29-19)14-9-7-5-3-2-4-6-8-13-20(24)25/h10-12,15-16H,2-9,13-14H2,1H3,(H,24,25)/b19-16-. The molecule has 5 nitrogen and oxygen atoms in total. The van der Waals surface area contributed by atoms with Crippen LogP contribution in [0.4, 0.5) is 0 Å². The average Bonchev–Trinajstić information content (AvgIpc) is 2.96. The fraction of sp³-hybridized carbons (Fsp3) is 0.500. The Labute approximate surface area is 182 Å². The van der Waals surface area contributed by atoms with Crippen molar-refractivity contribution in [2.75, 3.05) is 13.7 Å². The van der Waals surface area contributed by atoms with Crippen LogP contribution in [-0.2, 0) is 9.59 Å². The molecule has 0 unspecified atom stereocenters. The van der Waals surface area contributed by atoms with E-state index in [0.717, 1.165) is 62.7 Å². The van der Waals surface area contributed by atoms with Crippen LogP contribution >= 0.6 is 24.0 Å². The molecule has 0 radical (unpaired) electrons. The van der Waals surface area contributed by atoms with Crippen LogP contribution in [0.25, 0.3) is 6.08 Å². The minimum Gasteiger partial charge on any atom is -0.497 e. The lowest BCUT2D eigenvalue weighted by Crippen LogP contribution is -2.29. The summed E-state index contributed by atoms with van der Waals surface area (Å²) in [6.45, 7) is 0.665. The van der Waals surface area contributed by atoms with Crippen molar-refractivity contribution in [2.24, 2.45) is 0 Å². The molecule has 1 aromatic rings. The van der Waals surface area contributed by atoms with Crippen molar-refractivity contribution in [2.45, 2.75) is 57.8 Å². The first kappa shape index (κ1) is 23.4. The number of aliphatic carboxylic acids is 1. The molecule has 0 aromatic heterocycles. The van der Waals surface area contributed by atoms with Crippen molar-refractivity contribution < 1.29 is 19.4 Å². The average molecular weight is 436 g/mol. The number of hydrogen-bond acceptors (Lipinski definition) is 5. The third-order valence-corrected chi connectivity index (χ3v) is 6.17. The van der Waals surface area contributed by atoms with Crippen molar-refractivity contribution in [1.29, 1.82) is 0 Å². The number of carboxylic acid groups (broad SMARTS) is 1. The molecule has 7 heteroatoms. The van der Waals surface area contributed by atoms with E-state index in [1.54, 1.807) is 12.0 Å². The molecule has 0 saturated carbocycles. The van der Waals surface area contributed by atoms with E-state index in [4.69, 9.17) is 22.1 Å². The second-order valence-electron chi connectivity index (χ2n) is 7.08. The zero-order chi connectivity index (χ0) is 21.1. The summed E-state index contributed by atoms with van der Waals surface area (Å²) in [7, 11) is 1.62. The third kappa shape index (κ3) is 8.19. The lowest BCUT2D eigenvalue weighted by Gasteiger charge is -2.14. The SMILES string of the molecule is COc1cccc(/C=C2\SC(=S)N(CCCCCCCCCCC(=O)O)C2=O)c1. The molecule has 1 fully saturated rings. The summed E-state index contributed by atoms with van der Waals surface area (Å²) in [5, 5.41) is 8.60. The number of thioether (sulfide) groups is 1. The van der Waals surface area contributed by atoms with Gasteiger partial charge in [-0.05, 0) is 36.6 Å². The molecule has 158 valence electrons. The Kier molecular flexibility index (Phi) is 10.2. The highest BCUT2D eigenvalue weighted by atomic mass is 32.2. The van der Waals surface area contributed by atoms with Crippen molar-refractivity contribution in [3.63, 3.8) is 0 Å². The van der Waals surface area contributed by atoms with Crippen molar-refractivity contribution >= 4 is 46.3 Å². The zero-order valence-corrected chi connectivity index (χ0v) is 18.5. The van der Waals surface area contributed by atoms with E-state index in [2.05, 4.69) is 0 Å². The molecular formula is C22H29NO4S2. The van der Waals surface area contributed by atoms with E-state index < -0.39 is 5.97 Å². The topological polar surface area (TPSA) is 66.8 Å². The van der Waals surface area contributed by atoms with E-state index in [0.29, 0.717) is 15.8 Å². The van der Waals surface area contributed by atoms with Gasteiger partial charge in [0.05, 0.1) is 12.0 Å². The van der Waals surface area contributed by atoms with E-state index >= 15 is 0 Å². The molecular weight excluding hydrogens is 406 g/mol. The molecule has 1 amide bonds. The van der Waals surface area contributed by atoms with Crippen molar-refractivity contribution in [1.82, 2.24) is 4.90 Å². The summed E-state index contributed by atoms with van der Waals surface area (Å²) in [4.78, 5) is 25.5. The number of rotatable bonds is 13. The zero-order valence-electron chi connectivity index (χ0n) is 16.9. The molecule has 1 heterocycles. The predicted octanol–water partition coefficient (Wildman–Crippen LogP) is 5.49. The summed E-state index contributed by atoms with van der Waals surface area (Å²) in [6.07, 6.45) is 10.4.